The smallest absolute Gasteiger partial charge is 0.196 e. The van der Waals surface area contributed by atoms with Crippen LogP contribution in [0.1, 0.15) is 25.7 Å². The van der Waals surface area contributed by atoms with Gasteiger partial charge in [-0.25, -0.2) is 4.99 Å². The molecule has 90 valence electrons. The molecule has 2 aliphatic rings. The minimum atomic E-state index is 0.656. The zero-order valence-electron chi connectivity index (χ0n) is 10.0. The molecule has 17 heavy (non-hydrogen) atoms. The number of nitrogens with zero attached hydrogens (tertiary/aromatic N) is 2. The second-order valence-corrected chi connectivity index (χ2v) is 5.13. The van der Waals surface area contributed by atoms with Gasteiger partial charge in [-0.2, -0.15) is 0 Å². The van der Waals surface area contributed by atoms with Crippen molar-refractivity contribution >= 4 is 11.6 Å². The number of aliphatic imine (C=N–C) groups is 1. The fraction of sp³-hybridized carbons (Fsp3) is 0.500. The number of rotatable bonds is 4. The fourth-order valence-corrected chi connectivity index (χ4v) is 2.09. The maximum atomic E-state index is 6.14. The summed E-state index contributed by atoms with van der Waals surface area (Å²) >= 11 is 0. The minimum absolute atomic E-state index is 0.656. The Hall–Kier alpha value is -1.51. The topological polar surface area (TPSA) is 41.6 Å². The van der Waals surface area contributed by atoms with Crippen molar-refractivity contribution in [2.75, 3.05) is 6.54 Å². The summed E-state index contributed by atoms with van der Waals surface area (Å²) in [5, 5.41) is 0. The lowest BCUT2D eigenvalue weighted by atomic mass is 10.3. The van der Waals surface area contributed by atoms with Gasteiger partial charge in [0, 0.05) is 12.6 Å². The predicted molar refractivity (Wildman–Crippen MR) is 70.2 cm³/mol. The highest BCUT2D eigenvalue weighted by molar-refractivity contribution is 5.81. The van der Waals surface area contributed by atoms with E-state index in [1.165, 1.54) is 25.7 Å². The highest BCUT2D eigenvalue weighted by Crippen LogP contribution is 2.34. The summed E-state index contributed by atoms with van der Waals surface area (Å²) in [5.41, 5.74) is 7.09. The zero-order valence-corrected chi connectivity index (χ0v) is 10.0. The Balaban J connectivity index is 1.73. The van der Waals surface area contributed by atoms with Crippen LogP contribution < -0.4 is 5.73 Å². The van der Waals surface area contributed by atoms with Crippen LogP contribution in [0.5, 0.6) is 0 Å². The van der Waals surface area contributed by atoms with Crippen LogP contribution in [-0.2, 0) is 0 Å². The van der Waals surface area contributed by atoms with E-state index in [0.717, 1.165) is 18.2 Å². The molecule has 1 aromatic rings. The van der Waals surface area contributed by atoms with Crippen LogP contribution in [-0.4, -0.2) is 23.4 Å². The molecule has 0 aliphatic heterocycles. The molecule has 2 fully saturated rings. The van der Waals surface area contributed by atoms with Gasteiger partial charge in [0.1, 0.15) is 0 Å². The highest BCUT2D eigenvalue weighted by atomic mass is 15.3. The lowest BCUT2D eigenvalue weighted by molar-refractivity contribution is 0.386. The van der Waals surface area contributed by atoms with Crippen LogP contribution in [0.2, 0.25) is 0 Å². The molecule has 2 aliphatic carbocycles. The maximum Gasteiger partial charge on any atom is 0.196 e. The van der Waals surface area contributed by atoms with Crippen molar-refractivity contribution in [2.45, 2.75) is 31.7 Å². The molecule has 0 unspecified atom stereocenters. The molecule has 0 amide bonds. The van der Waals surface area contributed by atoms with E-state index in [9.17, 15) is 0 Å². The van der Waals surface area contributed by atoms with Crippen LogP contribution in [0.25, 0.3) is 0 Å². The lowest BCUT2D eigenvalue weighted by Gasteiger charge is -2.23. The molecule has 3 nitrogen and oxygen atoms in total. The Morgan fingerprint density at radius 1 is 1.18 bits per heavy atom. The molecule has 0 radical (unpaired) electrons. The third kappa shape index (κ3) is 2.78. The Labute approximate surface area is 102 Å². The molecule has 0 spiro atoms. The normalized spacial score (nSPS) is 20.4. The molecule has 3 heteroatoms. The van der Waals surface area contributed by atoms with E-state index in [-0.39, 0.29) is 0 Å². The summed E-state index contributed by atoms with van der Waals surface area (Å²) < 4.78 is 0. The number of benzene rings is 1. The Morgan fingerprint density at radius 3 is 2.47 bits per heavy atom. The van der Waals surface area contributed by atoms with Crippen LogP contribution in [0.3, 0.4) is 0 Å². The zero-order chi connectivity index (χ0) is 11.7. The van der Waals surface area contributed by atoms with Crippen LogP contribution >= 0.6 is 0 Å². The second-order valence-electron chi connectivity index (χ2n) is 5.13. The van der Waals surface area contributed by atoms with Crippen molar-refractivity contribution in [3.63, 3.8) is 0 Å². The van der Waals surface area contributed by atoms with Crippen LogP contribution in [0, 0.1) is 5.92 Å². The van der Waals surface area contributed by atoms with E-state index >= 15 is 0 Å². The van der Waals surface area contributed by atoms with Gasteiger partial charge in [-0.15, -0.1) is 0 Å². The first-order valence-corrected chi connectivity index (χ1v) is 6.49. The van der Waals surface area contributed by atoms with Crippen molar-refractivity contribution in [2.24, 2.45) is 16.6 Å². The Kier molecular flexibility index (Phi) is 2.75. The van der Waals surface area contributed by atoms with Gasteiger partial charge in [0.2, 0.25) is 0 Å². The van der Waals surface area contributed by atoms with Gasteiger partial charge in [0.05, 0.1) is 5.69 Å². The first-order valence-electron chi connectivity index (χ1n) is 6.49. The first-order chi connectivity index (χ1) is 8.33. The summed E-state index contributed by atoms with van der Waals surface area (Å²) in [5.74, 6) is 1.56. The molecular weight excluding hydrogens is 210 g/mol. The standard InChI is InChI=1S/C14H19N3/c15-14(16-12-4-2-1-3-5-12)17(13-8-9-13)10-11-6-7-11/h1-5,11,13H,6-10H2,(H2,15,16). The molecule has 0 atom stereocenters. The molecule has 0 saturated heterocycles. The summed E-state index contributed by atoms with van der Waals surface area (Å²) in [6, 6.07) is 10.6. The van der Waals surface area contributed by atoms with E-state index in [1.54, 1.807) is 0 Å². The molecule has 0 heterocycles. The Morgan fingerprint density at radius 2 is 1.88 bits per heavy atom. The van der Waals surface area contributed by atoms with Crippen molar-refractivity contribution in [1.29, 1.82) is 0 Å². The quantitative estimate of drug-likeness (QED) is 0.636. The van der Waals surface area contributed by atoms with E-state index in [1.807, 2.05) is 30.3 Å². The van der Waals surface area contributed by atoms with E-state index in [0.29, 0.717) is 12.0 Å². The van der Waals surface area contributed by atoms with Gasteiger partial charge in [-0.1, -0.05) is 18.2 Å². The molecule has 0 bridgehead atoms. The molecule has 3 rings (SSSR count). The van der Waals surface area contributed by atoms with Crippen molar-refractivity contribution < 1.29 is 0 Å². The average Bonchev–Trinajstić information content (AvgIpc) is 3.20. The largest absolute Gasteiger partial charge is 0.369 e. The number of para-hydroxylation sites is 1. The third-order valence-corrected chi connectivity index (χ3v) is 3.43. The van der Waals surface area contributed by atoms with Gasteiger partial charge < -0.3 is 10.6 Å². The minimum Gasteiger partial charge on any atom is -0.369 e. The fourth-order valence-electron chi connectivity index (χ4n) is 2.09. The van der Waals surface area contributed by atoms with Gasteiger partial charge >= 0.3 is 0 Å². The third-order valence-electron chi connectivity index (χ3n) is 3.43. The molecule has 1 aromatic carbocycles. The summed E-state index contributed by atoms with van der Waals surface area (Å²) in [4.78, 5) is 6.83. The number of guanidine groups is 1. The van der Waals surface area contributed by atoms with Crippen molar-refractivity contribution in [1.82, 2.24) is 4.90 Å². The first kappa shape index (κ1) is 10.6. The molecule has 2 N–H and O–H groups in total. The number of hydrogen-bond acceptors (Lipinski definition) is 1. The van der Waals surface area contributed by atoms with E-state index in [4.69, 9.17) is 5.73 Å². The summed E-state index contributed by atoms with van der Waals surface area (Å²) in [6.07, 6.45) is 5.28. The predicted octanol–water partition coefficient (Wildman–Crippen LogP) is 2.51. The monoisotopic (exact) mass is 229 g/mol. The maximum absolute atomic E-state index is 6.14. The lowest BCUT2D eigenvalue weighted by Crippen LogP contribution is -2.40. The van der Waals surface area contributed by atoms with Crippen LogP contribution in [0.4, 0.5) is 5.69 Å². The van der Waals surface area contributed by atoms with Gasteiger partial charge in [0.15, 0.2) is 5.96 Å². The summed E-state index contributed by atoms with van der Waals surface area (Å²) in [6.45, 7) is 1.10. The van der Waals surface area contributed by atoms with Crippen molar-refractivity contribution in [3.05, 3.63) is 30.3 Å². The average molecular weight is 229 g/mol. The highest BCUT2D eigenvalue weighted by Gasteiger charge is 2.34. The van der Waals surface area contributed by atoms with E-state index < -0.39 is 0 Å². The number of nitrogens with two attached hydrogens (primary N) is 1. The van der Waals surface area contributed by atoms with Crippen molar-refractivity contribution in [3.8, 4) is 0 Å². The van der Waals surface area contributed by atoms with Gasteiger partial charge in [-0.05, 0) is 43.7 Å². The van der Waals surface area contributed by atoms with Gasteiger partial charge in [0.25, 0.3) is 0 Å². The van der Waals surface area contributed by atoms with E-state index in [2.05, 4.69) is 9.89 Å². The molecular formula is C14H19N3. The molecule has 2 saturated carbocycles. The van der Waals surface area contributed by atoms with Crippen LogP contribution in [0.15, 0.2) is 35.3 Å². The second kappa shape index (κ2) is 4.40. The molecule has 0 aromatic heterocycles. The number of hydrogen-bond donors (Lipinski definition) is 1. The van der Waals surface area contributed by atoms with Gasteiger partial charge in [-0.3, -0.25) is 0 Å². The summed E-state index contributed by atoms with van der Waals surface area (Å²) in [7, 11) is 0. The Bertz CT molecular complexity index is 405. The SMILES string of the molecule is NC(=Nc1ccccc1)N(CC1CC1)C1CC1.